The summed E-state index contributed by atoms with van der Waals surface area (Å²) in [5.74, 6) is -0.749. The number of likely N-dealkylation sites (tertiary alicyclic amines) is 1. The molecule has 27 heavy (non-hydrogen) atoms. The molecular formula is C21H30F3NO2. The van der Waals surface area contributed by atoms with E-state index in [1.807, 2.05) is 0 Å². The molecule has 1 heterocycles. The molecule has 0 spiro atoms. The number of carboxylic acids is 1. The average molecular weight is 385 g/mol. The fourth-order valence-corrected chi connectivity index (χ4v) is 3.84. The van der Waals surface area contributed by atoms with Crippen LogP contribution in [0.4, 0.5) is 13.2 Å². The zero-order chi connectivity index (χ0) is 20.2. The van der Waals surface area contributed by atoms with E-state index in [2.05, 4.69) is 25.7 Å². The van der Waals surface area contributed by atoms with Gasteiger partial charge in [0.25, 0.3) is 0 Å². The standard InChI is InChI=1S/C21H30F3NO2/c1-20(2,3)10-4-11-25-12-9-15(14-19(26)27)13-18(25)16-5-7-17(8-6-16)21(22,23)24/h5-8,15,18H,4,9-14H2,1-3H3,(H,26,27)/t15-,18+/m0/s1. The smallest absolute Gasteiger partial charge is 0.416 e. The molecule has 2 rings (SSSR count). The highest BCUT2D eigenvalue weighted by molar-refractivity contribution is 5.67. The molecule has 1 aliphatic rings. The van der Waals surface area contributed by atoms with E-state index in [-0.39, 0.29) is 23.8 Å². The van der Waals surface area contributed by atoms with Crippen molar-refractivity contribution >= 4 is 5.97 Å². The van der Waals surface area contributed by atoms with Crippen LogP contribution in [0.3, 0.4) is 0 Å². The SMILES string of the molecule is CC(C)(C)CCCN1CC[C@H](CC(=O)O)C[C@@H]1c1ccc(C(F)(F)F)cc1. The van der Waals surface area contributed by atoms with Crippen LogP contribution in [-0.4, -0.2) is 29.1 Å². The molecule has 1 saturated heterocycles. The fourth-order valence-electron chi connectivity index (χ4n) is 3.84. The Morgan fingerprint density at radius 2 is 1.81 bits per heavy atom. The first kappa shape index (κ1) is 21.7. The minimum Gasteiger partial charge on any atom is -0.481 e. The number of carboxylic acid groups (broad SMARTS) is 1. The van der Waals surface area contributed by atoms with Crippen LogP contribution in [0.1, 0.15) is 70.0 Å². The second-order valence-electron chi connectivity index (χ2n) is 8.82. The summed E-state index contributed by atoms with van der Waals surface area (Å²) in [5.41, 5.74) is 0.433. The lowest BCUT2D eigenvalue weighted by atomic mass is 9.84. The van der Waals surface area contributed by atoms with E-state index in [1.165, 1.54) is 0 Å². The predicted octanol–water partition coefficient (Wildman–Crippen LogP) is 5.76. The molecule has 152 valence electrons. The number of carbonyl (C=O) groups is 1. The van der Waals surface area contributed by atoms with Crippen molar-refractivity contribution in [2.24, 2.45) is 11.3 Å². The van der Waals surface area contributed by atoms with Gasteiger partial charge in [0.1, 0.15) is 0 Å². The molecular weight excluding hydrogens is 355 g/mol. The minimum atomic E-state index is -4.34. The van der Waals surface area contributed by atoms with E-state index >= 15 is 0 Å². The van der Waals surface area contributed by atoms with Gasteiger partial charge in [0, 0.05) is 12.5 Å². The number of hydrogen-bond acceptors (Lipinski definition) is 2. The van der Waals surface area contributed by atoms with E-state index in [1.54, 1.807) is 12.1 Å². The molecule has 0 bridgehead atoms. The Kier molecular flexibility index (Phi) is 6.95. The molecule has 1 aromatic carbocycles. The summed E-state index contributed by atoms with van der Waals surface area (Å²) in [6.45, 7) is 8.24. The molecule has 0 unspecified atom stereocenters. The van der Waals surface area contributed by atoms with Crippen LogP contribution >= 0.6 is 0 Å². The Morgan fingerprint density at radius 1 is 1.19 bits per heavy atom. The zero-order valence-electron chi connectivity index (χ0n) is 16.4. The third kappa shape index (κ3) is 6.83. The summed E-state index contributed by atoms with van der Waals surface area (Å²) in [7, 11) is 0. The average Bonchev–Trinajstić information content (AvgIpc) is 2.53. The summed E-state index contributed by atoms with van der Waals surface area (Å²) in [6, 6.07) is 5.33. The van der Waals surface area contributed by atoms with Crippen molar-refractivity contribution in [1.29, 1.82) is 0 Å². The first-order valence-corrected chi connectivity index (χ1v) is 9.59. The number of alkyl halides is 3. The van der Waals surface area contributed by atoms with Crippen LogP contribution in [0.15, 0.2) is 24.3 Å². The lowest BCUT2D eigenvalue weighted by Gasteiger charge is -2.40. The monoisotopic (exact) mass is 385 g/mol. The first-order valence-electron chi connectivity index (χ1n) is 9.59. The van der Waals surface area contributed by atoms with Gasteiger partial charge in [-0.05, 0) is 67.8 Å². The van der Waals surface area contributed by atoms with Gasteiger partial charge in [0.15, 0.2) is 0 Å². The highest BCUT2D eigenvalue weighted by Crippen LogP contribution is 2.37. The second kappa shape index (κ2) is 8.63. The molecule has 0 aromatic heterocycles. The Morgan fingerprint density at radius 3 is 2.33 bits per heavy atom. The Labute approximate surface area is 159 Å². The fraction of sp³-hybridized carbons (Fsp3) is 0.667. The number of aliphatic carboxylic acids is 1. The lowest BCUT2D eigenvalue weighted by Crippen LogP contribution is -2.38. The highest BCUT2D eigenvalue weighted by atomic mass is 19.4. The van der Waals surface area contributed by atoms with E-state index in [9.17, 15) is 18.0 Å². The predicted molar refractivity (Wildman–Crippen MR) is 99.4 cm³/mol. The Hall–Kier alpha value is -1.56. The molecule has 1 aromatic rings. The molecule has 1 N–H and O–H groups in total. The van der Waals surface area contributed by atoms with Gasteiger partial charge in [-0.2, -0.15) is 13.2 Å². The largest absolute Gasteiger partial charge is 0.481 e. The van der Waals surface area contributed by atoms with Crippen LogP contribution in [0.2, 0.25) is 0 Å². The molecule has 0 radical (unpaired) electrons. The zero-order valence-corrected chi connectivity index (χ0v) is 16.4. The van der Waals surface area contributed by atoms with Gasteiger partial charge >= 0.3 is 12.1 Å². The summed E-state index contributed by atoms with van der Waals surface area (Å²) in [5, 5.41) is 9.11. The van der Waals surface area contributed by atoms with Crippen LogP contribution in [0.5, 0.6) is 0 Å². The molecule has 1 fully saturated rings. The minimum absolute atomic E-state index is 0.0228. The van der Waals surface area contributed by atoms with Crippen molar-refractivity contribution in [2.75, 3.05) is 13.1 Å². The molecule has 6 heteroatoms. The third-order valence-electron chi connectivity index (χ3n) is 5.28. The van der Waals surface area contributed by atoms with Crippen LogP contribution in [0.25, 0.3) is 0 Å². The van der Waals surface area contributed by atoms with Crippen molar-refractivity contribution in [1.82, 2.24) is 4.90 Å². The molecule has 2 atom stereocenters. The molecule has 0 saturated carbocycles. The maximum absolute atomic E-state index is 12.8. The second-order valence-corrected chi connectivity index (χ2v) is 8.82. The number of halogens is 3. The van der Waals surface area contributed by atoms with E-state index < -0.39 is 17.7 Å². The molecule has 0 aliphatic carbocycles. The van der Waals surface area contributed by atoms with Crippen molar-refractivity contribution in [3.8, 4) is 0 Å². The normalized spacial score (nSPS) is 22.0. The molecule has 0 amide bonds. The maximum atomic E-state index is 12.8. The van der Waals surface area contributed by atoms with Gasteiger partial charge in [-0.3, -0.25) is 9.69 Å². The number of rotatable bonds is 6. The number of nitrogens with zero attached hydrogens (tertiary/aromatic N) is 1. The quantitative estimate of drug-likeness (QED) is 0.677. The lowest BCUT2D eigenvalue weighted by molar-refractivity contribution is -0.139. The summed E-state index contributed by atoms with van der Waals surface area (Å²) >= 11 is 0. The molecule has 1 aliphatic heterocycles. The van der Waals surface area contributed by atoms with Crippen molar-refractivity contribution in [2.45, 2.75) is 65.1 Å². The topological polar surface area (TPSA) is 40.5 Å². The van der Waals surface area contributed by atoms with Gasteiger partial charge < -0.3 is 5.11 Å². The first-order chi connectivity index (χ1) is 12.5. The summed E-state index contributed by atoms with van der Waals surface area (Å²) < 4.78 is 38.5. The van der Waals surface area contributed by atoms with Crippen molar-refractivity contribution < 1.29 is 23.1 Å². The van der Waals surface area contributed by atoms with E-state index in [0.29, 0.717) is 6.42 Å². The number of piperidine rings is 1. The van der Waals surface area contributed by atoms with Crippen LogP contribution in [0, 0.1) is 11.3 Å². The third-order valence-corrected chi connectivity index (χ3v) is 5.28. The Balaban J connectivity index is 2.14. The van der Waals surface area contributed by atoms with Crippen molar-refractivity contribution in [3.05, 3.63) is 35.4 Å². The van der Waals surface area contributed by atoms with Crippen molar-refractivity contribution in [3.63, 3.8) is 0 Å². The van der Waals surface area contributed by atoms with Crippen LogP contribution in [-0.2, 0) is 11.0 Å². The van der Waals surface area contributed by atoms with Gasteiger partial charge in [0.05, 0.1) is 5.56 Å². The number of benzene rings is 1. The van der Waals surface area contributed by atoms with E-state index in [4.69, 9.17) is 5.11 Å². The Bertz CT molecular complexity index is 620. The number of hydrogen-bond donors (Lipinski definition) is 1. The van der Waals surface area contributed by atoms with Gasteiger partial charge in [0.2, 0.25) is 0 Å². The van der Waals surface area contributed by atoms with Crippen LogP contribution < -0.4 is 0 Å². The van der Waals surface area contributed by atoms with Gasteiger partial charge in [-0.25, -0.2) is 0 Å². The highest BCUT2D eigenvalue weighted by Gasteiger charge is 2.33. The molecule has 3 nitrogen and oxygen atoms in total. The summed E-state index contributed by atoms with van der Waals surface area (Å²) in [4.78, 5) is 13.4. The summed E-state index contributed by atoms with van der Waals surface area (Å²) in [6.07, 6.45) is -0.644. The van der Waals surface area contributed by atoms with E-state index in [0.717, 1.165) is 50.0 Å². The van der Waals surface area contributed by atoms with Gasteiger partial charge in [-0.15, -0.1) is 0 Å². The van der Waals surface area contributed by atoms with Gasteiger partial charge in [-0.1, -0.05) is 32.9 Å². The maximum Gasteiger partial charge on any atom is 0.416 e.